The molecular formula is C13H18O5. The molecule has 0 saturated carbocycles. The van der Waals surface area contributed by atoms with Crippen LogP contribution in [0.4, 0.5) is 0 Å². The molecule has 0 aliphatic heterocycles. The van der Waals surface area contributed by atoms with Crippen molar-refractivity contribution in [3.63, 3.8) is 0 Å². The van der Waals surface area contributed by atoms with E-state index in [-0.39, 0.29) is 6.42 Å². The molecule has 0 unspecified atom stereocenters. The summed E-state index contributed by atoms with van der Waals surface area (Å²) in [5, 5.41) is 9.06. The first kappa shape index (κ1) is 14.3. The van der Waals surface area contributed by atoms with Gasteiger partial charge in [-0.1, -0.05) is 0 Å². The van der Waals surface area contributed by atoms with Crippen LogP contribution in [0.5, 0.6) is 11.5 Å². The molecule has 0 bridgehead atoms. The summed E-state index contributed by atoms with van der Waals surface area (Å²) < 4.78 is 15.5. The van der Waals surface area contributed by atoms with E-state index >= 15 is 0 Å². The van der Waals surface area contributed by atoms with Gasteiger partial charge in [0.2, 0.25) is 0 Å². The van der Waals surface area contributed by atoms with E-state index in [0.717, 1.165) is 5.56 Å². The summed E-state index contributed by atoms with van der Waals surface area (Å²) >= 11 is 0. The van der Waals surface area contributed by atoms with E-state index in [1.54, 1.807) is 39.3 Å². The summed E-state index contributed by atoms with van der Waals surface area (Å²) in [6.07, 6.45) is -0.639. The SMILES string of the molecule is CCO[C@H](Cc1cc(OC)ccc1OC)C(=O)O. The minimum Gasteiger partial charge on any atom is -0.497 e. The maximum absolute atomic E-state index is 11.1. The van der Waals surface area contributed by atoms with Crippen molar-refractivity contribution in [1.29, 1.82) is 0 Å². The van der Waals surface area contributed by atoms with Gasteiger partial charge in [0.1, 0.15) is 11.5 Å². The Labute approximate surface area is 106 Å². The van der Waals surface area contributed by atoms with E-state index in [2.05, 4.69) is 0 Å². The van der Waals surface area contributed by atoms with E-state index in [9.17, 15) is 4.79 Å². The van der Waals surface area contributed by atoms with E-state index in [0.29, 0.717) is 18.1 Å². The van der Waals surface area contributed by atoms with Gasteiger partial charge in [-0.05, 0) is 25.1 Å². The summed E-state index contributed by atoms with van der Waals surface area (Å²) in [6.45, 7) is 2.11. The van der Waals surface area contributed by atoms with Gasteiger partial charge in [-0.3, -0.25) is 0 Å². The highest BCUT2D eigenvalue weighted by atomic mass is 16.5. The summed E-state index contributed by atoms with van der Waals surface area (Å²) in [6, 6.07) is 5.27. The first-order valence-electron chi connectivity index (χ1n) is 5.67. The first-order chi connectivity index (χ1) is 8.62. The maximum atomic E-state index is 11.1. The van der Waals surface area contributed by atoms with Crippen LogP contribution in [0.3, 0.4) is 0 Å². The monoisotopic (exact) mass is 254 g/mol. The normalized spacial score (nSPS) is 11.9. The zero-order chi connectivity index (χ0) is 13.5. The second kappa shape index (κ2) is 6.86. The van der Waals surface area contributed by atoms with Crippen molar-refractivity contribution in [3.05, 3.63) is 23.8 Å². The van der Waals surface area contributed by atoms with Crippen molar-refractivity contribution in [2.75, 3.05) is 20.8 Å². The topological polar surface area (TPSA) is 65.0 Å². The summed E-state index contributed by atoms with van der Waals surface area (Å²) in [5.74, 6) is 0.301. The van der Waals surface area contributed by atoms with Gasteiger partial charge in [0.15, 0.2) is 6.10 Å². The smallest absolute Gasteiger partial charge is 0.333 e. The number of carboxylic acids is 1. The zero-order valence-electron chi connectivity index (χ0n) is 10.8. The van der Waals surface area contributed by atoms with Gasteiger partial charge in [0.05, 0.1) is 14.2 Å². The standard InChI is InChI=1S/C13H18O5/c1-4-18-12(13(14)15)8-9-7-10(16-2)5-6-11(9)17-3/h5-7,12H,4,8H2,1-3H3,(H,14,15)/t12-/m1/s1. The highest BCUT2D eigenvalue weighted by molar-refractivity contribution is 5.73. The van der Waals surface area contributed by atoms with Gasteiger partial charge in [-0.15, -0.1) is 0 Å². The molecule has 0 saturated heterocycles. The number of carboxylic acid groups (broad SMARTS) is 1. The molecule has 1 N–H and O–H groups in total. The first-order valence-corrected chi connectivity index (χ1v) is 5.67. The Kier molecular flexibility index (Phi) is 5.45. The van der Waals surface area contributed by atoms with Crippen molar-refractivity contribution in [2.45, 2.75) is 19.4 Å². The number of hydrogen-bond acceptors (Lipinski definition) is 4. The molecule has 1 rings (SSSR count). The van der Waals surface area contributed by atoms with Crippen LogP contribution in [0.2, 0.25) is 0 Å². The average molecular weight is 254 g/mol. The van der Waals surface area contributed by atoms with Crippen LogP contribution in [0.25, 0.3) is 0 Å². The lowest BCUT2D eigenvalue weighted by Crippen LogP contribution is -2.26. The molecule has 1 atom stereocenters. The molecule has 0 aliphatic carbocycles. The van der Waals surface area contributed by atoms with Crippen LogP contribution in [-0.2, 0) is 16.0 Å². The van der Waals surface area contributed by atoms with Crippen molar-refractivity contribution >= 4 is 5.97 Å². The van der Waals surface area contributed by atoms with Gasteiger partial charge in [-0.2, -0.15) is 0 Å². The lowest BCUT2D eigenvalue weighted by molar-refractivity contribution is -0.149. The quantitative estimate of drug-likeness (QED) is 0.802. The third-order valence-electron chi connectivity index (χ3n) is 2.54. The minimum absolute atomic E-state index is 0.240. The number of hydrogen-bond donors (Lipinski definition) is 1. The van der Waals surface area contributed by atoms with Crippen molar-refractivity contribution in [1.82, 2.24) is 0 Å². The molecule has 0 amide bonds. The molecule has 5 heteroatoms. The number of aliphatic carboxylic acids is 1. The molecular weight excluding hydrogens is 236 g/mol. The Morgan fingerprint density at radius 2 is 2.06 bits per heavy atom. The van der Waals surface area contributed by atoms with E-state index in [4.69, 9.17) is 19.3 Å². The lowest BCUT2D eigenvalue weighted by atomic mass is 10.1. The fourth-order valence-electron chi connectivity index (χ4n) is 1.66. The van der Waals surface area contributed by atoms with E-state index in [1.807, 2.05) is 0 Å². The molecule has 18 heavy (non-hydrogen) atoms. The third-order valence-corrected chi connectivity index (χ3v) is 2.54. The molecule has 0 heterocycles. The van der Waals surface area contributed by atoms with Crippen LogP contribution < -0.4 is 9.47 Å². The van der Waals surface area contributed by atoms with Gasteiger partial charge in [0, 0.05) is 18.6 Å². The summed E-state index contributed by atoms with van der Waals surface area (Å²) in [5.41, 5.74) is 0.748. The Morgan fingerprint density at radius 3 is 2.56 bits per heavy atom. The second-order valence-electron chi connectivity index (χ2n) is 3.66. The Hall–Kier alpha value is -1.75. The summed E-state index contributed by atoms with van der Waals surface area (Å²) in [4.78, 5) is 11.1. The maximum Gasteiger partial charge on any atom is 0.333 e. The van der Waals surface area contributed by atoms with Crippen LogP contribution >= 0.6 is 0 Å². The molecule has 0 spiro atoms. The van der Waals surface area contributed by atoms with Gasteiger partial charge < -0.3 is 19.3 Å². The Balaban J connectivity index is 2.95. The zero-order valence-corrected chi connectivity index (χ0v) is 10.8. The van der Waals surface area contributed by atoms with Crippen molar-refractivity contribution in [2.24, 2.45) is 0 Å². The number of benzene rings is 1. The highest BCUT2D eigenvalue weighted by Gasteiger charge is 2.20. The molecule has 1 aromatic rings. The van der Waals surface area contributed by atoms with Gasteiger partial charge in [-0.25, -0.2) is 4.79 Å². The average Bonchev–Trinajstić information content (AvgIpc) is 2.37. The third kappa shape index (κ3) is 3.63. The van der Waals surface area contributed by atoms with Crippen molar-refractivity contribution < 1.29 is 24.1 Å². The van der Waals surface area contributed by atoms with Crippen molar-refractivity contribution in [3.8, 4) is 11.5 Å². The number of carbonyl (C=O) groups is 1. The van der Waals surface area contributed by atoms with E-state index in [1.165, 1.54) is 0 Å². The Bertz CT molecular complexity index is 402. The van der Waals surface area contributed by atoms with Crippen LogP contribution in [-0.4, -0.2) is 38.0 Å². The van der Waals surface area contributed by atoms with Gasteiger partial charge >= 0.3 is 5.97 Å². The molecule has 100 valence electrons. The Morgan fingerprint density at radius 1 is 1.33 bits per heavy atom. The fraction of sp³-hybridized carbons (Fsp3) is 0.462. The van der Waals surface area contributed by atoms with Crippen LogP contribution in [0.15, 0.2) is 18.2 Å². The molecule has 0 radical (unpaired) electrons. The molecule has 5 nitrogen and oxygen atoms in total. The molecule has 0 aromatic heterocycles. The van der Waals surface area contributed by atoms with Gasteiger partial charge in [0.25, 0.3) is 0 Å². The predicted octanol–water partition coefficient (Wildman–Crippen LogP) is 1.74. The number of methoxy groups -OCH3 is 2. The number of ether oxygens (including phenoxy) is 3. The highest BCUT2D eigenvalue weighted by Crippen LogP contribution is 2.25. The predicted molar refractivity (Wildman–Crippen MR) is 66.3 cm³/mol. The summed E-state index contributed by atoms with van der Waals surface area (Å²) in [7, 11) is 3.10. The second-order valence-corrected chi connectivity index (χ2v) is 3.66. The van der Waals surface area contributed by atoms with Crippen LogP contribution in [0, 0.1) is 0 Å². The molecule has 1 aromatic carbocycles. The van der Waals surface area contributed by atoms with E-state index < -0.39 is 12.1 Å². The molecule has 0 aliphatic rings. The minimum atomic E-state index is -0.985. The fourth-order valence-corrected chi connectivity index (χ4v) is 1.66. The molecule has 0 fully saturated rings. The van der Waals surface area contributed by atoms with Crippen LogP contribution in [0.1, 0.15) is 12.5 Å². The number of rotatable bonds is 7. The largest absolute Gasteiger partial charge is 0.497 e. The lowest BCUT2D eigenvalue weighted by Gasteiger charge is -2.15.